The molecule has 4 nitrogen and oxygen atoms in total. The predicted molar refractivity (Wildman–Crippen MR) is 94.1 cm³/mol. The van der Waals surface area contributed by atoms with E-state index in [1.807, 2.05) is 30.3 Å². The minimum atomic E-state index is -0.314. The summed E-state index contributed by atoms with van der Waals surface area (Å²) in [6, 6.07) is 9.89. The molecular weight excluding hydrogens is 322 g/mol. The first-order chi connectivity index (χ1) is 11.7. The molecule has 2 fully saturated rings. The van der Waals surface area contributed by atoms with Crippen LogP contribution in [-0.2, 0) is 10.2 Å². The number of halogens is 1. The molecule has 24 heavy (non-hydrogen) atoms. The Kier molecular flexibility index (Phi) is 4.09. The van der Waals surface area contributed by atoms with Crippen LogP contribution in [0.1, 0.15) is 49.3 Å². The highest BCUT2D eigenvalue weighted by Gasteiger charge is 2.48. The first-order valence-electron chi connectivity index (χ1n) is 8.74. The SMILES string of the molecule is O=C(N1CCC(c2ccn[nH]2)CC1)C1(c2ccc(Cl)cc2)CCC1. The van der Waals surface area contributed by atoms with E-state index in [4.69, 9.17) is 11.6 Å². The first-order valence-corrected chi connectivity index (χ1v) is 9.11. The summed E-state index contributed by atoms with van der Waals surface area (Å²) in [6.07, 6.45) is 6.84. The minimum Gasteiger partial charge on any atom is -0.342 e. The molecule has 1 aliphatic carbocycles. The summed E-state index contributed by atoms with van der Waals surface area (Å²) >= 11 is 6.01. The van der Waals surface area contributed by atoms with Gasteiger partial charge in [0.2, 0.25) is 5.91 Å². The number of likely N-dealkylation sites (tertiary alicyclic amines) is 1. The van der Waals surface area contributed by atoms with Gasteiger partial charge in [-0.3, -0.25) is 9.89 Å². The Balaban J connectivity index is 1.48. The third kappa shape index (κ3) is 2.63. The van der Waals surface area contributed by atoms with E-state index in [9.17, 15) is 4.79 Å². The van der Waals surface area contributed by atoms with Crippen molar-refractivity contribution in [3.63, 3.8) is 0 Å². The molecule has 1 saturated heterocycles. The van der Waals surface area contributed by atoms with Crippen LogP contribution in [0.15, 0.2) is 36.5 Å². The molecule has 4 rings (SSSR count). The fourth-order valence-corrected chi connectivity index (χ4v) is 4.24. The summed E-state index contributed by atoms with van der Waals surface area (Å²) in [7, 11) is 0. The number of benzene rings is 1. The van der Waals surface area contributed by atoms with Crippen molar-refractivity contribution in [2.45, 2.75) is 43.4 Å². The fraction of sp³-hybridized carbons (Fsp3) is 0.474. The Morgan fingerprint density at radius 1 is 1.17 bits per heavy atom. The molecule has 5 heteroatoms. The summed E-state index contributed by atoms with van der Waals surface area (Å²) in [5.41, 5.74) is 2.00. The van der Waals surface area contributed by atoms with Crippen LogP contribution >= 0.6 is 11.6 Å². The monoisotopic (exact) mass is 343 g/mol. The van der Waals surface area contributed by atoms with Crippen LogP contribution in [-0.4, -0.2) is 34.1 Å². The number of aromatic nitrogens is 2. The summed E-state index contributed by atoms with van der Waals surface area (Å²) in [4.78, 5) is 15.3. The van der Waals surface area contributed by atoms with Gasteiger partial charge in [0, 0.05) is 35.9 Å². The minimum absolute atomic E-state index is 0.305. The fourth-order valence-electron chi connectivity index (χ4n) is 4.12. The molecule has 1 aliphatic heterocycles. The zero-order valence-corrected chi connectivity index (χ0v) is 14.4. The molecule has 0 radical (unpaired) electrons. The number of piperidine rings is 1. The van der Waals surface area contributed by atoms with Crippen molar-refractivity contribution in [2.24, 2.45) is 0 Å². The number of hydrogen-bond acceptors (Lipinski definition) is 2. The molecule has 0 bridgehead atoms. The summed E-state index contributed by atoms with van der Waals surface area (Å²) in [6.45, 7) is 1.66. The average molecular weight is 344 g/mol. The van der Waals surface area contributed by atoms with E-state index >= 15 is 0 Å². The van der Waals surface area contributed by atoms with Crippen molar-refractivity contribution in [3.05, 3.63) is 52.8 Å². The highest BCUT2D eigenvalue weighted by Crippen LogP contribution is 2.46. The lowest BCUT2D eigenvalue weighted by Crippen LogP contribution is -2.52. The van der Waals surface area contributed by atoms with Crippen molar-refractivity contribution < 1.29 is 4.79 Å². The lowest BCUT2D eigenvalue weighted by molar-refractivity contribution is -0.142. The lowest BCUT2D eigenvalue weighted by Gasteiger charge is -2.45. The second kappa shape index (κ2) is 6.25. The summed E-state index contributed by atoms with van der Waals surface area (Å²) < 4.78 is 0. The van der Waals surface area contributed by atoms with Crippen LogP contribution in [0, 0.1) is 0 Å². The van der Waals surface area contributed by atoms with Gasteiger partial charge in [-0.05, 0) is 49.4 Å². The molecule has 1 amide bonds. The maximum atomic E-state index is 13.3. The van der Waals surface area contributed by atoms with Crippen molar-refractivity contribution >= 4 is 17.5 Å². The molecule has 0 spiro atoms. The van der Waals surface area contributed by atoms with Gasteiger partial charge in [0.15, 0.2) is 0 Å². The number of H-pyrrole nitrogens is 1. The Morgan fingerprint density at radius 3 is 2.42 bits per heavy atom. The van der Waals surface area contributed by atoms with Gasteiger partial charge >= 0.3 is 0 Å². The standard InChI is InChI=1S/C19H22ClN3O/c20-16-4-2-15(3-5-16)19(9-1-10-19)18(24)23-12-7-14(8-13-23)17-6-11-21-22-17/h2-6,11,14H,1,7-10,12-13H2,(H,21,22). The van der Waals surface area contributed by atoms with Crippen LogP contribution in [0.3, 0.4) is 0 Å². The molecule has 1 N–H and O–H groups in total. The van der Waals surface area contributed by atoms with Gasteiger partial charge in [0.1, 0.15) is 0 Å². The van der Waals surface area contributed by atoms with Crippen LogP contribution in [0.2, 0.25) is 5.02 Å². The molecule has 1 aromatic carbocycles. The van der Waals surface area contributed by atoms with E-state index in [1.165, 1.54) is 5.69 Å². The molecule has 2 aromatic rings. The topological polar surface area (TPSA) is 49.0 Å². The average Bonchev–Trinajstić information content (AvgIpc) is 3.10. The van der Waals surface area contributed by atoms with Crippen molar-refractivity contribution in [2.75, 3.05) is 13.1 Å². The first kappa shape index (κ1) is 15.7. The molecule has 1 saturated carbocycles. The highest BCUT2D eigenvalue weighted by molar-refractivity contribution is 6.30. The Hall–Kier alpha value is -1.81. The second-order valence-electron chi connectivity index (χ2n) is 7.02. The van der Waals surface area contributed by atoms with Crippen LogP contribution in [0.25, 0.3) is 0 Å². The summed E-state index contributed by atoms with van der Waals surface area (Å²) in [5.74, 6) is 0.795. The molecule has 2 heterocycles. The number of amides is 1. The lowest BCUT2D eigenvalue weighted by atomic mass is 9.63. The number of nitrogens with zero attached hydrogens (tertiary/aromatic N) is 2. The quantitative estimate of drug-likeness (QED) is 0.919. The predicted octanol–water partition coefficient (Wildman–Crippen LogP) is 3.89. The normalized spacial score (nSPS) is 20.6. The van der Waals surface area contributed by atoms with Gasteiger partial charge in [0.25, 0.3) is 0 Å². The van der Waals surface area contributed by atoms with Gasteiger partial charge in [-0.15, -0.1) is 0 Å². The molecule has 126 valence electrons. The maximum Gasteiger partial charge on any atom is 0.233 e. The van der Waals surface area contributed by atoms with E-state index in [1.54, 1.807) is 6.20 Å². The Bertz CT molecular complexity index is 699. The molecular formula is C19H22ClN3O. The Morgan fingerprint density at radius 2 is 1.88 bits per heavy atom. The van der Waals surface area contributed by atoms with E-state index in [0.29, 0.717) is 11.8 Å². The van der Waals surface area contributed by atoms with Gasteiger partial charge in [0.05, 0.1) is 5.41 Å². The number of hydrogen-bond donors (Lipinski definition) is 1. The van der Waals surface area contributed by atoms with E-state index in [2.05, 4.69) is 15.1 Å². The number of nitrogens with one attached hydrogen (secondary N) is 1. The van der Waals surface area contributed by atoms with Crippen molar-refractivity contribution in [1.82, 2.24) is 15.1 Å². The van der Waals surface area contributed by atoms with Gasteiger partial charge in [-0.1, -0.05) is 30.2 Å². The van der Waals surface area contributed by atoms with Gasteiger partial charge in [-0.25, -0.2) is 0 Å². The number of carbonyl (C=O) groups is 1. The third-order valence-electron chi connectivity index (χ3n) is 5.76. The van der Waals surface area contributed by atoms with Crippen LogP contribution in [0.5, 0.6) is 0 Å². The molecule has 1 aromatic heterocycles. The molecule has 0 atom stereocenters. The maximum absolute atomic E-state index is 13.3. The second-order valence-corrected chi connectivity index (χ2v) is 7.46. The number of rotatable bonds is 3. The van der Waals surface area contributed by atoms with Crippen molar-refractivity contribution in [3.8, 4) is 0 Å². The molecule has 2 aliphatic rings. The van der Waals surface area contributed by atoms with E-state index in [0.717, 1.165) is 55.8 Å². The summed E-state index contributed by atoms with van der Waals surface area (Å²) in [5, 5.41) is 7.84. The Labute approximate surface area is 147 Å². The number of carbonyl (C=O) groups excluding carboxylic acids is 1. The largest absolute Gasteiger partial charge is 0.342 e. The highest BCUT2D eigenvalue weighted by atomic mass is 35.5. The smallest absolute Gasteiger partial charge is 0.233 e. The van der Waals surface area contributed by atoms with Gasteiger partial charge in [-0.2, -0.15) is 5.10 Å². The van der Waals surface area contributed by atoms with Crippen molar-refractivity contribution in [1.29, 1.82) is 0 Å². The zero-order chi connectivity index (χ0) is 16.6. The van der Waals surface area contributed by atoms with Crippen LogP contribution in [0.4, 0.5) is 0 Å². The zero-order valence-electron chi connectivity index (χ0n) is 13.7. The third-order valence-corrected chi connectivity index (χ3v) is 6.01. The van der Waals surface area contributed by atoms with E-state index in [-0.39, 0.29) is 5.41 Å². The van der Waals surface area contributed by atoms with Gasteiger partial charge < -0.3 is 4.90 Å². The van der Waals surface area contributed by atoms with Crippen LogP contribution < -0.4 is 0 Å². The number of aromatic amines is 1. The molecule has 0 unspecified atom stereocenters. The van der Waals surface area contributed by atoms with E-state index < -0.39 is 0 Å².